The number of rotatable bonds is 12. The van der Waals surface area contributed by atoms with Crippen LogP contribution < -0.4 is 0 Å². The molecule has 1 aromatic carbocycles. The molecule has 10 atom stereocenters. The van der Waals surface area contributed by atoms with Gasteiger partial charge in [-0.05, 0) is 35.9 Å². The van der Waals surface area contributed by atoms with Crippen LogP contribution in [0.5, 0.6) is 0 Å². The van der Waals surface area contributed by atoms with E-state index in [-0.39, 0.29) is 28.3 Å². The van der Waals surface area contributed by atoms with Crippen molar-refractivity contribution in [3.8, 4) is 0 Å². The highest BCUT2D eigenvalue weighted by molar-refractivity contribution is 6.32. The molecular weight excluding hydrogens is 690 g/mol. The normalized spacial score (nSPS) is 29.6. The molecule has 4 heterocycles. The van der Waals surface area contributed by atoms with Crippen LogP contribution in [0.25, 0.3) is 0 Å². The number of aliphatic hydroxyl groups excluding tert-OH is 5. The highest BCUT2D eigenvalue weighted by Crippen LogP contribution is 2.31. The summed E-state index contributed by atoms with van der Waals surface area (Å²) < 4.78 is 33.4. The number of aromatic nitrogens is 2. The predicted molar refractivity (Wildman–Crippen MR) is 164 cm³/mol. The number of carbonyl (C=O) groups is 2. The van der Waals surface area contributed by atoms with Gasteiger partial charge in [-0.25, -0.2) is 9.59 Å². The van der Waals surface area contributed by atoms with Crippen LogP contribution in [0.2, 0.25) is 5.02 Å². The van der Waals surface area contributed by atoms with Gasteiger partial charge in [0.15, 0.2) is 12.6 Å². The van der Waals surface area contributed by atoms with Crippen molar-refractivity contribution in [2.24, 2.45) is 0 Å². The third-order valence-electron chi connectivity index (χ3n) is 7.77. The van der Waals surface area contributed by atoms with Gasteiger partial charge >= 0.3 is 11.9 Å². The van der Waals surface area contributed by atoms with Crippen LogP contribution in [0.4, 0.5) is 5.69 Å². The average Bonchev–Trinajstić information content (AvgIpc) is 3.13. The SMILES string of the molecule is O=C(OC[C@H]1O[C@H](O[C@H]2[C@H](O)[C@@H](O)[C@H](OCc3ccc(Cl)c([N+](=O)[O-])c3)O[C@@H]2COC(=O)c2cccnc2)[C@H](O)[C@@H](O)[C@@H]1O)c1cccnc1. The van der Waals surface area contributed by atoms with Crippen LogP contribution >= 0.6 is 11.6 Å². The molecule has 2 aliphatic heterocycles. The van der Waals surface area contributed by atoms with Gasteiger partial charge in [0, 0.05) is 30.9 Å². The van der Waals surface area contributed by atoms with Crippen LogP contribution in [0, 0.1) is 10.1 Å². The van der Waals surface area contributed by atoms with Crippen molar-refractivity contribution < 1.29 is 68.5 Å². The number of pyridine rings is 2. The van der Waals surface area contributed by atoms with Crippen LogP contribution in [0.1, 0.15) is 26.3 Å². The summed E-state index contributed by atoms with van der Waals surface area (Å²) in [6, 6.07) is 9.74. The second kappa shape index (κ2) is 16.7. The Morgan fingerprint density at radius 1 is 0.800 bits per heavy atom. The van der Waals surface area contributed by atoms with Gasteiger partial charge in [-0.3, -0.25) is 20.1 Å². The molecule has 2 aromatic heterocycles. The lowest BCUT2D eigenvalue weighted by Crippen LogP contribution is -2.65. The number of ether oxygens (including phenoxy) is 6. The number of aliphatic hydroxyl groups is 5. The summed E-state index contributed by atoms with van der Waals surface area (Å²) in [7, 11) is 0. The molecule has 5 N–H and O–H groups in total. The fourth-order valence-electron chi connectivity index (χ4n) is 5.08. The number of esters is 2. The van der Waals surface area contributed by atoms with Crippen LogP contribution in [0.3, 0.4) is 0 Å². The molecule has 0 saturated carbocycles. The molecule has 5 rings (SSSR count). The molecule has 3 aromatic rings. The first-order valence-electron chi connectivity index (χ1n) is 15.0. The van der Waals surface area contributed by atoms with Gasteiger partial charge in [0.2, 0.25) is 0 Å². The van der Waals surface area contributed by atoms with Crippen molar-refractivity contribution >= 4 is 29.2 Å². The van der Waals surface area contributed by atoms with Crippen LogP contribution in [-0.4, -0.2) is 127 Å². The molecule has 0 bridgehead atoms. The lowest BCUT2D eigenvalue weighted by atomic mass is 9.97. The number of nitrogens with zero attached hydrogens (tertiary/aromatic N) is 3. The first-order valence-corrected chi connectivity index (χ1v) is 15.4. The van der Waals surface area contributed by atoms with Gasteiger partial charge < -0.3 is 54.0 Å². The molecule has 0 spiro atoms. The van der Waals surface area contributed by atoms with Crippen molar-refractivity contribution in [2.45, 2.75) is 68.0 Å². The van der Waals surface area contributed by atoms with E-state index in [1.165, 1.54) is 61.2 Å². The Labute approximate surface area is 287 Å². The Hall–Kier alpha value is -4.21. The summed E-state index contributed by atoms with van der Waals surface area (Å²) in [5.74, 6) is -1.66. The summed E-state index contributed by atoms with van der Waals surface area (Å²) in [5.41, 5.74) is 0.0450. The van der Waals surface area contributed by atoms with Crippen molar-refractivity contribution in [1.29, 1.82) is 0 Å². The number of hydrogen-bond donors (Lipinski definition) is 5. The molecule has 2 saturated heterocycles. The molecule has 18 nitrogen and oxygen atoms in total. The van der Waals surface area contributed by atoms with E-state index in [1.54, 1.807) is 0 Å². The smallest absolute Gasteiger partial charge is 0.339 e. The number of nitro groups is 1. The molecular formula is C31H32ClN3O15. The van der Waals surface area contributed by atoms with E-state index in [2.05, 4.69) is 9.97 Å². The third kappa shape index (κ3) is 8.74. The zero-order chi connectivity index (χ0) is 35.9. The Kier molecular flexibility index (Phi) is 12.4. The van der Waals surface area contributed by atoms with Gasteiger partial charge in [0.25, 0.3) is 5.69 Å². The fraction of sp³-hybridized carbons (Fsp3) is 0.419. The van der Waals surface area contributed by atoms with Gasteiger partial charge in [0.05, 0.1) is 22.7 Å². The Balaban J connectivity index is 1.31. The molecule has 0 unspecified atom stereocenters. The largest absolute Gasteiger partial charge is 0.459 e. The highest BCUT2D eigenvalue weighted by Gasteiger charge is 2.51. The topological polar surface area (TPSA) is 260 Å². The van der Waals surface area contributed by atoms with Gasteiger partial charge in [0.1, 0.15) is 67.1 Å². The molecule has 0 amide bonds. The minimum atomic E-state index is -1.92. The van der Waals surface area contributed by atoms with Gasteiger partial charge in [-0.1, -0.05) is 17.7 Å². The minimum Gasteiger partial charge on any atom is -0.459 e. The molecule has 50 heavy (non-hydrogen) atoms. The standard InChI is InChI=1S/C31H32ClN3O15/c32-18-6-5-15(9-19(18)35(43)44)12-47-30-26(40)24(38)27(21(49-30)14-46-29(42)17-4-2-8-34-11-17)50-31-25(39)23(37)22(36)20(48-31)13-45-28(41)16-3-1-7-33-10-16/h1-11,20-27,30-31,36-40H,12-14H2/t20-,21-,22-,23+,24-,25-,26-,27-,30-,31-/m1/s1. The molecule has 268 valence electrons. The number of carbonyl (C=O) groups excluding carboxylic acids is 2. The summed E-state index contributed by atoms with van der Waals surface area (Å²) in [4.78, 5) is 43.4. The Morgan fingerprint density at radius 2 is 1.38 bits per heavy atom. The van der Waals surface area contributed by atoms with E-state index >= 15 is 0 Å². The molecule has 2 aliphatic rings. The quantitative estimate of drug-likeness (QED) is 0.0929. The maximum Gasteiger partial charge on any atom is 0.339 e. The zero-order valence-electron chi connectivity index (χ0n) is 25.8. The van der Waals surface area contributed by atoms with Gasteiger partial charge in [-0.2, -0.15) is 0 Å². The summed E-state index contributed by atoms with van der Waals surface area (Å²) in [6.45, 7) is -1.57. The zero-order valence-corrected chi connectivity index (χ0v) is 26.5. The van der Waals surface area contributed by atoms with Crippen molar-refractivity contribution in [2.75, 3.05) is 13.2 Å². The van der Waals surface area contributed by atoms with Crippen molar-refractivity contribution in [3.05, 3.63) is 99.1 Å². The average molecular weight is 722 g/mol. The highest BCUT2D eigenvalue weighted by atomic mass is 35.5. The summed E-state index contributed by atoms with van der Waals surface area (Å²) in [5, 5.41) is 65.2. The second-order valence-electron chi connectivity index (χ2n) is 11.2. The number of halogens is 1. The van der Waals surface area contributed by atoms with Crippen molar-refractivity contribution in [1.82, 2.24) is 9.97 Å². The first kappa shape index (κ1) is 37.1. The lowest BCUT2D eigenvalue weighted by molar-refractivity contribution is -0.384. The van der Waals surface area contributed by atoms with E-state index in [0.717, 1.165) is 6.07 Å². The van der Waals surface area contributed by atoms with Crippen molar-refractivity contribution in [3.63, 3.8) is 0 Å². The lowest BCUT2D eigenvalue weighted by Gasteiger charge is -2.46. The predicted octanol–water partition coefficient (Wildman–Crippen LogP) is -0.0917. The molecule has 19 heteroatoms. The molecule has 0 radical (unpaired) electrons. The first-order chi connectivity index (χ1) is 23.9. The van der Waals surface area contributed by atoms with Gasteiger partial charge in [-0.15, -0.1) is 0 Å². The Bertz CT molecular complexity index is 1620. The molecule has 2 fully saturated rings. The Morgan fingerprint density at radius 3 is 1.96 bits per heavy atom. The van der Waals surface area contributed by atoms with E-state index in [9.17, 15) is 45.2 Å². The van der Waals surface area contributed by atoms with E-state index in [1.807, 2.05) is 0 Å². The summed E-state index contributed by atoms with van der Waals surface area (Å²) >= 11 is 5.87. The summed E-state index contributed by atoms with van der Waals surface area (Å²) in [6.07, 6.45) is -11.8. The van der Waals surface area contributed by atoms with Crippen LogP contribution in [-0.2, 0) is 35.0 Å². The maximum absolute atomic E-state index is 12.7. The second-order valence-corrected chi connectivity index (χ2v) is 11.6. The molecule has 0 aliphatic carbocycles. The number of hydrogen-bond acceptors (Lipinski definition) is 17. The van der Waals surface area contributed by atoms with E-state index in [4.69, 9.17) is 40.0 Å². The fourth-order valence-corrected chi connectivity index (χ4v) is 5.27. The van der Waals surface area contributed by atoms with E-state index in [0.29, 0.717) is 0 Å². The van der Waals surface area contributed by atoms with E-state index < -0.39 is 97.2 Å². The minimum absolute atomic E-state index is 0.0744. The number of nitro benzene ring substituents is 1. The number of benzene rings is 1. The van der Waals surface area contributed by atoms with Crippen LogP contribution in [0.15, 0.2) is 67.3 Å². The third-order valence-corrected chi connectivity index (χ3v) is 8.09. The maximum atomic E-state index is 12.7. The monoisotopic (exact) mass is 721 g/mol.